The van der Waals surface area contributed by atoms with Crippen LogP contribution >= 0.6 is 0 Å². The SMILES string of the molecule is O=C(O)CCC/C=C\C[C@@H]1[C@H](Oc2ccccc2)[C@@H]2CC[C@H]1O2. The highest BCUT2D eigenvalue weighted by atomic mass is 16.6. The number of aliphatic carboxylic acids is 1. The van der Waals surface area contributed by atoms with Gasteiger partial charge in [0.2, 0.25) is 0 Å². The predicted octanol–water partition coefficient (Wildman–Crippen LogP) is 3.81. The van der Waals surface area contributed by atoms with Crippen molar-refractivity contribution in [2.45, 2.75) is 56.8 Å². The highest BCUT2D eigenvalue weighted by Crippen LogP contribution is 2.42. The standard InChI is InChI=1S/C19H24O4/c20-18(21)11-7-2-1-6-10-15-16-12-13-17(23-16)19(15)22-14-8-4-3-5-9-14/h1,3-6,8-9,15-17,19H,2,7,10-13H2,(H,20,21)/b6-1-/t15-,16+,17-,19-/m0/s1. The van der Waals surface area contributed by atoms with Crippen molar-refractivity contribution in [1.82, 2.24) is 0 Å². The summed E-state index contributed by atoms with van der Waals surface area (Å²) in [5, 5.41) is 8.63. The van der Waals surface area contributed by atoms with Gasteiger partial charge in [0.15, 0.2) is 0 Å². The van der Waals surface area contributed by atoms with E-state index in [0.717, 1.165) is 31.4 Å². The quantitative estimate of drug-likeness (QED) is 0.585. The number of rotatable bonds is 8. The summed E-state index contributed by atoms with van der Waals surface area (Å²) >= 11 is 0. The zero-order valence-corrected chi connectivity index (χ0v) is 13.3. The van der Waals surface area contributed by atoms with Crippen LogP contribution in [0, 0.1) is 5.92 Å². The summed E-state index contributed by atoms with van der Waals surface area (Å²) in [5.41, 5.74) is 0. The molecule has 0 unspecified atom stereocenters. The Bertz CT molecular complexity index is 540. The van der Waals surface area contributed by atoms with E-state index in [4.69, 9.17) is 14.6 Å². The molecular formula is C19H24O4. The predicted molar refractivity (Wildman–Crippen MR) is 87.5 cm³/mol. The van der Waals surface area contributed by atoms with Gasteiger partial charge >= 0.3 is 5.97 Å². The van der Waals surface area contributed by atoms with Crippen LogP contribution in [0.25, 0.3) is 0 Å². The van der Waals surface area contributed by atoms with Crippen molar-refractivity contribution in [3.63, 3.8) is 0 Å². The average molecular weight is 316 g/mol. The highest BCUT2D eigenvalue weighted by molar-refractivity contribution is 5.66. The molecule has 0 aliphatic carbocycles. The lowest BCUT2D eigenvalue weighted by Gasteiger charge is -2.27. The summed E-state index contributed by atoms with van der Waals surface area (Å²) in [6.45, 7) is 0. The Kier molecular flexibility index (Phi) is 5.34. The molecule has 4 atom stereocenters. The van der Waals surface area contributed by atoms with Gasteiger partial charge in [0, 0.05) is 12.3 Å². The average Bonchev–Trinajstić information content (AvgIpc) is 3.14. The lowest BCUT2D eigenvalue weighted by molar-refractivity contribution is -0.137. The van der Waals surface area contributed by atoms with E-state index in [1.165, 1.54) is 0 Å². The molecule has 2 aliphatic heterocycles. The van der Waals surface area contributed by atoms with Gasteiger partial charge in [-0.1, -0.05) is 30.4 Å². The van der Waals surface area contributed by atoms with E-state index in [-0.39, 0.29) is 18.6 Å². The van der Waals surface area contributed by atoms with Crippen LogP contribution in [0.3, 0.4) is 0 Å². The number of fused-ring (bicyclic) bond motifs is 2. The van der Waals surface area contributed by atoms with Gasteiger partial charge in [-0.25, -0.2) is 0 Å². The smallest absolute Gasteiger partial charge is 0.303 e. The molecule has 23 heavy (non-hydrogen) atoms. The van der Waals surface area contributed by atoms with Crippen molar-refractivity contribution < 1.29 is 19.4 Å². The Balaban J connectivity index is 1.52. The molecule has 3 rings (SSSR count). The molecule has 2 bridgehead atoms. The van der Waals surface area contributed by atoms with E-state index in [2.05, 4.69) is 12.2 Å². The van der Waals surface area contributed by atoms with E-state index in [1.807, 2.05) is 30.3 Å². The molecule has 4 heteroatoms. The minimum Gasteiger partial charge on any atom is -0.487 e. The van der Waals surface area contributed by atoms with Gasteiger partial charge in [-0.05, 0) is 44.2 Å². The number of ether oxygens (including phenoxy) is 2. The fourth-order valence-electron chi connectivity index (χ4n) is 3.58. The molecular weight excluding hydrogens is 292 g/mol. The van der Waals surface area contributed by atoms with Crippen molar-refractivity contribution in [2.75, 3.05) is 0 Å². The fraction of sp³-hybridized carbons (Fsp3) is 0.526. The van der Waals surface area contributed by atoms with E-state index >= 15 is 0 Å². The van der Waals surface area contributed by atoms with Crippen LogP contribution in [0.15, 0.2) is 42.5 Å². The summed E-state index contributed by atoms with van der Waals surface area (Å²) in [4.78, 5) is 10.5. The second-order valence-corrected chi connectivity index (χ2v) is 6.34. The van der Waals surface area contributed by atoms with Crippen LogP contribution in [0.4, 0.5) is 0 Å². The Hall–Kier alpha value is -1.81. The normalized spacial score (nSPS) is 29.2. The van der Waals surface area contributed by atoms with E-state index < -0.39 is 5.97 Å². The van der Waals surface area contributed by atoms with Crippen LogP contribution in [0.5, 0.6) is 5.75 Å². The van der Waals surface area contributed by atoms with Crippen molar-refractivity contribution >= 4 is 5.97 Å². The molecule has 124 valence electrons. The van der Waals surface area contributed by atoms with Gasteiger partial charge in [0.25, 0.3) is 0 Å². The number of allylic oxidation sites excluding steroid dienone is 2. The van der Waals surface area contributed by atoms with Crippen molar-refractivity contribution in [3.05, 3.63) is 42.5 Å². The van der Waals surface area contributed by atoms with Crippen LogP contribution in [0.2, 0.25) is 0 Å². The number of hydrogen-bond acceptors (Lipinski definition) is 3. The van der Waals surface area contributed by atoms with E-state index in [0.29, 0.717) is 18.4 Å². The summed E-state index contributed by atoms with van der Waals surface area (Å²) in [6.07, 6.45) is 9.79. The molecule has 0 saturated carbocycles. The lowest BCUT2D eigenvalue weighted by atomic mass is 9.84. The van der Waals surface area contributed by atoms with Gasteiger partial charge in [-0.2, -0.15) is 0 Å². The van der Waals surface area contributed by atoms with Gasteiger partial charge in [0.1, 0.15) is 11.9 Å². The Labute approximate surface area is 137 Å². The fourth-order valence-corrected chi connectivity index (χ4v) is 3.58. The molecule has 0 spiro atoms. The summed E-state index contributed by atoms with van der Waals surface area (Å²) < 4.78 is 12.2. The van der Waals surface area contributed by atoms with Crippen LogP contribution in [-0.4, -0.2) is 29.4 Å². The van der Waals surface area contributed by atoms with Crippen molar-refractivity contribution in [3.8, 4) is 5.75 Å². The maximum Gasteiger partial charge on any atom is 0.303 e. The molecule has 2 heterocycles. The minimum atomic E-state index is -0.726. The number of benzene rings is 1. The first-order chi connectivity index (χ1) is 11.2. The Morgan fingerprint density at radius 2 is 2.00 bits per heavy atom. The number of unbranched alkanes of at least 4 members (excludes halogenated alkanes) is 1. The third-order valence-corrected chi connectivity index (χ3v) is 4.70. The summed E-state index contributed by atoms with van der Waals surface area (Å²) in [7, 11) is 0. The molecule has 1 aromatic rings. The summed E-state index contributed by atoms with van der Waals surface area (Å²) in [5.74, 6) is 0.574. The number of hydrogen-bond donors (Lipinski definition) is 1. The first kappa shape index (κ1) is 16.1. The minimum absolute atomic E-state index is 0.125. The zero-order valence-electron chi connectivity index (χ0n) is 13.3. The maximum absolute atomic E-state index is 10.5. The molecule has 0 radical (unpaired) electrons. The van der Waals surface area contributed by atoms with Crippen molar-refractivity contribution in [2.24, 2.45) is 5.92 Å². The molecule has 2 saturated heterocycles. The van der Waals surface area contributed by atoms with Crippen LogP contribution in [0.1, 0.15) is 38.5 Å². The number of carboxylic acids is 1. The molecule has 2 aliphatic rings. The molecule has 4 nitrogen and oxygen atoms in total. The van der Waals surface area contributed by atoms with E-state index in [9.17, 15) is 4.79 Å². The third kappa shape index (κ3) is 4.14. The highest BCUT2D eigenvalue weighted by Gasteiger charge is 2.49. The van der Waals surface area contributed by atoms with Gasteiger partial charge < -0.3 is 14.6 Å². The topological polar surface area (TPSA) is 55.8 Å². The van der Waals surface area contributed by atoms with Crippen LogP contribution in [-0.2, 0) is 9.53 Å². The van der Waals surface area contributed by atoms with Gasteiger partial charge in [0.05, 0.1) is 12.2 Å². The Morgan fingerprint density at radius 1 is 1.22 bits per heavy atom. The maximum atomic E-state index is 10.5. The molecule has 2 fully saturated rings. The van der Waals surface area contributed by atoms with Crippen molar-refractivity contribution in [1.29, 1.82) is 0 Å². The summed E-state index contributed by atoms with van der Waals surface area (Å²) in [6, 6.07) is 9.94. The second kappa shape index (κ2) is 7.64. The zero-order chi connectivity index (χ0) is 16.1. The van der Waals surface area contributed by atoms with Gasteiger partial charge in [-0.15, -0.1) is 0 Å². The first-order valence-corrected chi connectivity index (χ1v) is 8.48. The van der Waals surface area contributed by atoms with Crippen LogP contribution < -0.4 is 4.74 Å². The molecule has 1 aromatic carbocycles. The largest absolute Gasteiger partial charge is 0.487 e. The lowest BCUT2D eigenvalue weighted by Crippen LogP contribution is -2.36. The Morgan fingerprint density at radius 3 is 2.78 bits per heavy atom. The van der Waals surface area contributed by atoms with E-state index in [1.54, 1.807) is 0 Å². The number of para-hydroxylation sites is 1. The van der Waals surface area contributed by atoms with Gasteiger partial charge in [-0.3, -0.25) is 4.79 Å². The molecule has 0 amide bonds. The number of carbonyl (C=O) groups is 1. The second-order valence-electron chi connectivity index (χ2n) is 6.34. The molecule has 1 N–H and O–H groups in total. The monoisotopic (exact) mass is 316 g/mol. The molecule has 0 aromatic heterocycles. The third-order valence-electron chi connectivity index (χ3n) is 4.70. The number of carboxylic acid groups (broad SMARTS) is 1. The first-order valence-electron chi connectivity index (χ1n) is 8.48.